The van der Waals surface area contributed by atoms with Gasteiger partial charge in [-0.25, -0.2) is 4.98 Å². The first-order chi connectivity index (χ1) is 8.34. The Labute approximate surface area is 105 Å². The SMILES string of the molecule is Clc1cccc(-c2cccc3c2OCCC3)n1. The van der Waals surface area contributed by atoms with Crippen LogP contribution in [-0.4, -0.2) is 11.6 Å². The molecule has 0 bridgehead atoms. The minimum absolute atomic E-state index is 0.510. The van der Waals surface area contributed by atoms with Gasteiger partial charge in [0.1, 0.15) is 10.9 Å². The predicted molar refractivity (Wildman–Crippen MR) is 68.5 cm³/mol. The van der Waals surface area contributed by atoms with Crippen LogP contribution in [0.4, 0.5) is 0 Å². The van der Waals surface area contributed by atoms with E-state index < -0.39 is 0 Å². The minimum Gasteiger partial charge on any atom is -0.493 e. The molecule has 86 valence electrons. The van der Waals surface area contributed by atoms with Crippen molar-refractivity contribution in [3.63, 3.8) is 0 Å². The van der Waals surface area contributed by atoms with Crippen molar-refractivity contribution in [1.29, 1.82) is 0 Å². The maximum absolute atomic E-state index is 5.93. The van der Waals surface area contributed by atoms with Gasteiger partial charge in [0.2, 0.25) is 0 Å². The van der Waals surface area contributed by atoms with Gasteiger partial charge in [-0.2, -0.15) is 0 Å². The van der Waals surface area contributed by atoms with Crippen LogP contribution < -0.4 is 4.74 Å². The quantitative estimate of drug-likeness (QED) is 0.715. The summed E-state index contributed by atoms with van der Waals surface area (Å²) in [6, 6.07) is 11.8. The number of rotatable bonds is 1. The molecular formula is C14H12ClNO. The summed E-state index contributed by atoms with van der Waals surface area (Å²) in [5.41, 5.74) is 3.16. The summed E-state index contributed by atoms with van der Waals surface area (Å²) in [5.74, 6) is 0.966. The van der Waals surface area contributed by atoms with Crippen LogP contribution in [0.15, 0.2) is 36.4 Å². The number of aryl methyl sites for hydroxylation is 1. The lowest BCUT2D eigenvalue weighted by Gasteiger charge is -2.20. The number of hydrogen-bond donors (Lipinski definition) is 0. The summed E-state index contributed by atoms with van der Waals surface area (Å²) >= 11 is 5.93. The summed E-state index contributed by atoms with van der Waals surface area (Å²) in [6.07, 6.45) is 2.16. The molecule has 0 atom stereocenters. The Bertz CT molecular complexity index is 554. The molecule has 1 aliphatic rings. The van der Waals surface area contributed by atoms with E-state index in [-0.39, 0.29) is 0 Å². The Morgan fingerprint density at radius 3 is 2.88 bits per heavy atom. The van der Waals surface area contributed by atoms with Crippen LogP contribution in [0.25, 0.3) is 11.3 Å². The van der Waals surface area contributed by atoms with Gasteiger partial charge in [0.05, 0.1) is 12.3 Å². The molecule has 1 aromatic carbocycles. The van der Waals surface area contributed by atoms with Gasteiger partial charge in [-0.15, -0.1) is 0 Å². The van der Waals surface area contributed by atoms with Gasteiger partial charge in [0.25, 0.3) is 0 Å². The Hall–Kier alpha value is -1.54. The summed E-state index contributed by atoms with van der Waals surface area (Å²) in [4.78, 5) is 4.34. The number of nitrogens with zero attached hydrogens (tertiary/aromatic N) is 1. The third-order valence-corrected chi connectivity index (χ3v) is 3.13. The first-order valence-corrected chi connectivity index (χ1v) is 6.10. The Balaban J connectivity index is 2.14. The lowest BCUT2D eigenvalue weighted by atomic mass is 10.0. The number of aromatic nitrogens is 1. The van der Waals surface area contributed by atoms with Crippen molar-refractivity contribution < 1.29 is 4.74 Å². The molecule has 0 amide bonds. The largest absolute Gasteiger partial charge is 0.493 e. The molecule has 2 nitrogen and oxygen atoms in total. The molecule has 0 fully saturated rings. The molecule has 0 spiro atoms. The van der Waals surface area contributed by atoms with Gasteiger partial charge in [-0.1, -0.05) is 29.8 Å². The molecule has 0 N–H and O–H groups in total. The summed E-state index contributed by atoms with van der Waals surface area (Å²) in [5, 5.41) is 0.510. The molecule has 17 heavy (non-hydrogen) atoms. The lowest BCUT2D eigenvalue weighted by Crippen LogP contribution is -2.09. The minimum atomic E-state index is 0.510. The van der Waals surface area contributed by atoms with Crippen molar-refractivity contribution in [2.45, 2.75) is 12.8 Å². The zero-order chi connectivity index (χ0) is 11.7. The number of fused-ring (bicyclic) bond motifs is 1. The van der Waals surface area contributed by atoms with E-state index in [0.717, 1.165) is 36.5 Å². The molecule has 0 saturated carbocycles. The van der Waals surface area contributed by atoms with E-state index in [9.17, 15) is 0 Å². The Morgan fingerprint density at radius 2 is 2.00 bits per heavy atom. The van der Waals surface area contributed by atoms with E-state index in [4.69, 9.17) is 16.3 Å². The van der Waals surface area contributed by atoms with Crippen LogP contribution >= 0.6 is 11.6 Å². The highest BCUT2D eigenvalue weighted by molar-refractivity contribution is 6.29. The van der Waals surface area contributed by atoms with Crippen molar-refractivity contribution in [2.75, 3.05) is 6.61 Å². The van der Waals surface area contributed by atoms with Crippen LogP contribution in [0.2, 0.25) is 5.15 Å². The second kappa shape index (κ2) is 4.38. The smallest absolute Gasteiger partial charge is 0.131 e. The van der Waals surface area contributed by atoms with Crippen LogP contribution in [0, 0.1) is 0 Å². The molecule has 0 unspecified atom stereocenters. The van der Waals surface area contributed by atoms with Crippen LogP contribution in [-0.2, 0) is 6.42 Å². The van der Waals surface area contributed by atoms with E-state index >= 15 is 0 Å². The Morgan fingerprint density at radius 1 is 1.12 bits per heavy atom. The molecule has 0 aliphatic carbocycles. The van der Waals surface area contributed by atoms with E-state index in [1.807, 2.05) is 24.3 Å². The normalized spacial score (nSPS) is 13.9. The molecule has 0 radical (unpaired) electrons. The first-order valence-electron chi connectivity index (χ1n) is 5.72. The van der Waals surface area contributed by atoms with Crippen molar-refractivity contribution in [2.24, 2.45) is 0 Å². The first kappa shape index (κ1) is 10.6. The summed E-state index contributed by atoms with van der Waals surface area (Å²) in [6.45, 7) is 0.782. The van der Waals surface area contributed by atoms with Crippen molar-refractivity contribution in [3.8, 4) is 17.0 Å². The van der Waals surface area contributed by atoms with Crippen molar-refractivity contribution in [1.82, 2.24) is 4.98 Å². The highest BCUT2D eigenvalue weighted by Gasteiger charge is 2.15. The molecule has 1 aromatic heterocycles. The highest BCUT2D eigenvalue weighted by Crippen LogP contribution is 2.35. The van der Waals surface area contributed by atoms with Gasteiger partial charge in [0.15, 0.2) is 0 Å². The standard InChI is InChI=1S/C14H12ClNO/c15-13-8-2-7-12(16-13)11-6-1-4-10-5-3-9-17-14(10)11/h1-2,4,6-8H,3,5,9H2. The number of pyridine rings is 1. The zero-order valence-electron chi connectivity index (χ0n) is 9.32. The second-order valence-electron chi connectivity index (χ2n) is 4.09. The van der Waals surface area contributed by atoms with Crippen molar-refractivity contribution >= 4 is 11.6 Å². The topological polar surface area (TPSA) is 22.1 Å². The molecular weight excluding hydrogens is 234 g/mol. The molecule has 1 aliphatic heterocycles. The van der Waals surface area contributed by atoms with Gasteiger partial charge < -0.3 is 4.74 Å². The maximum Gasteiger partial charge on any atom is 0.131 e. The number of para-hydroxylation sites is 1. The Kier molecular flexibility index (Phi) is 2.73. The van der Waals surface area contributed by atoms with Crippen LogP contribution in [0.1, 0.15) is 12.0 Å². The van der Waals surface area contributed by atoms with Gasteiger partial charge in [-0.05, 0) is 36.6 Å². The fourth-order valence-corrected chi connectivity index (χ4v) is 2.31. The van der Waals surface area contributed by atoms with E-state index in [0.29, 0.717) is 5.15 Å². The second-order valence-corrected chi connectivity index (χ2v) is 4.48. The van der Waals surface area contributed by atoms with E-state index in [1.54, 1.807) is 6.07 Å². The molecule has 2 aromatic rings. The summed E-state index contributed by atoms with van der Waals surface area (Å²) < 4.78 is 5.77. The van der Waals surface area contributed by atoms with Gasteiger partial charge >= 0.3 is 0 Å². The third kappa shape index (κ3) is 2.01. The number of ether oxygens (including phenoxy) is 1. The fourth-order valence-electron chi connectivity index (χ4n) is 2.15. The number of benzene rings is 1. The molecule has 3 heteroatoms. The van der Waals surface area contributed by atoms with E-state index in [1.165, 1.54) is 5.56 Å². The predicted octanol–water partition coefficient (Wildman–Crippen LogP) is 3.73. The summed E-state index contributed by atoms with van der Waals surface area (Å²) in [7, 11) is 0. The molecule has 3 rings (SSSR count). The van der Waals surface area contributed by atoms with Crippen molar-refractivity contribution in [3.05, 3.63) is 47.1 Å². The lowest BCUT2D eigenvalue weighted by molar-refractivity contribution is 0.289. The van der Waals surface area contributed by atoms with Gasteiger partial charge in [0, 0.05) is 5.56 Å². The number of halogens is 1. The average Bonchev–Trinajstić information content (AvgIpc) is 2.38. The highest BCUT2D eigenvalue weighted by atomic mass is 35.5. The van der Waals surface area contributed by atoms with E-state index in [2.05, 4.69) is 11.1 Å². The van der Waals surface area contributed by atoms with Crippen LogP contribution in [0.3, 0.4) is 0 Å². The van der Waals surface area contributed by atoms with Gasteiger partial charge in [-0.3, -0.25) is 0 Å². The zero-order valence-corrected chi connectivity index (χ0v) is 10.1. The molecule has 0 saturated heterocycles. The molecule has 2 heterocycles. The maximum atomic E-state index is 5.93. The fraction of sp³-hybridized carbons (Fsp3) is 0.214. The van der Waals surface area contributed by atoms with Crippen LogP contribution in [0.5, 0.6) is 5.75 Å². The monoisotopic (exact) mass is 245 g/mol. The average molecular weight is 246 g/mol. The number of hydrogen-bond acceptors (Lipinski definition) is 2. The third-order valence-electron chi connectivity index (χ3n) is 2.92.